The lowest BCUT2D eigenvalue weighted by Crippen LogP contribution is -2.22. The molecule has 0 N–H and O–H groups in total. The molecular formula is C23H15N3O4S. The highest BCUT2D eigenvalue weighted by Crippen LogP contribution is 2.18. The van der Waals surface area contributed by atoms with E-state index in [1.54, 1.807) is 16.5 Å². The molecule has 0 aliphatic rings. The maximum Gasteiger partial charge on any atom is 0.274 e. The number of thiazole rings is 1. The first-order chi connectivity index (χ1) is 15.1. The molecule has 0 saturated heterocycles. The van der Waals surface area contributed by atoms with E-state index in [4.69, 9.17) is 4.74 Å². The van der Waals surface area contributed by atoms with Crippen molar-refractivity contribution in [2.45, 2.75) is 6.61 Å². The number of nitro groups is 1. The van der Waals surface area contributed by atoms with E-state index < -0.39 is 4.92 Å². The van der Waals surface area contributed by atoms with Crippen molar-refractivity contribution >= 4 is 39.1 Å². The SMILES string of the molecule is O=c1c(=Cc2ccc(OCc3cccc([N+](=O)[O-])c3)cc2)sc2nc3ccccc3n12. The highest BCUT2D eigenvalue weighted by molar-refractivity contribution is 7.15. The molecule has 0 saturated carbocycles. The maximum atomic E-state index is 12.8. The van der Waals surface area contributed by atoms with E-state index in [2.05, 4.69) is 4.98 Å². The summed E-state index contributed by atoms with van der Waals surface area (Å²) >= 11 is 1.36. The first-order valence-corrected chi connectivity index (χ1v) is 10.3. The lowest BCUT2D eigenvalue weighted by Gasteiger charge is -2.06. The van der Waals surface area contributed by atoms with Crippen molar-refractivity contribution in [3.8, 4) is 5.75 Å². The number of para-hydroxylation sites is 2. The number of nitro benzene ring substituents is 1. The van der Waals surface area contributed by atoms with Crippen molar-refractivity contribution in [3.63, 3.8) is 0 Å². The standard InChI is InChI=1S/C23H15N3O4S/c27-22-21(31-23-24-19-6-1-2-7-20(19)25(22)23)13-15-8-10-18(11-9-15)30-14-16-4-3-5-17(12-16)26(28)29/h1-13H,14H2. The highest BCUT2D eigenvalue weighted by Gasteiger charge is 2.10. The van der Waals surface area contributed by atoms with E-state index in [1.165, 1.54) is 23.5 Å². The zero-order valence-electron chi connectivity index (χ0n) is 16.1. The van der Waals surface area contributed by atoms with Gasteiger partial charge in [0.1, 0.15) is 12.4 Å². The number of hydrogen-bond donors (Lipinski definition) is 0. The highest BCUT2D eigenvalue weighted by atomic mass is 32.1. The van der Waals surface area contributed by atoms with E-state index in [1.807, 2.05) is 54.6 Å². The summed E-state index contributed by atoms with van der Waals surface area (Å²) in [4.78, 5) is 28.5. The second-order valence-electron chi connectivity index (χ2n) is 6.92. The Morgan fingerprint density at radius 1 is 1.06 bits per heavy atom. The topological polar surface area (TPSA) is 86.7 Å². The molecule has 0 aliphatic carbocycles. The van der Waals surface area contributed by atoms with E-state index in [0.29, 0.717) is 15.2 Å². The van der Waals surface area contributed by atoms with Crippen LogP contribution >= 0.6 is 11.3 Å². The van der Waals surface area contributed by atoms with Gasteiger partial charge in [0.15, 0.2) is 4.96 Å². The van der Waals surface area contributed by atoms with Crippen molar-refractivity contribution in [2.75, 3.05) is 0 Å². The van der Waals surface area contributed by atoms with Gasteiger partial charge in [0, 0.05) is 12.1 Å². The van der Waals surface area contributed by atoms with Crippen LogP contribution in [0.25, 0.3) is 22.1 Å². The number of non-ortho nitro benzene ring substituents is 1. The molecule has 8 heteroatoms. The molecule has 0 atom stereocenters. The molecule has 0 spiro atoms. The summed E-state index contributed by atoms with van der Waals surface area (Å²) in [5.74, 6) is 0.637. The van der Waals surface area contributed by atoms with Crippen LogP contribution in [0.2, 0.25) is 0 Å². The Bertz CT molecular complexity index is 1540. The molecule has 7 nitrogen and oxygen atoms in total. The van der Waals surface area contributed by atoms with Crippen LogP contribution in [0.3, 0.4) is 0 Å². The van der Waals surface area contributed by atoms with Crippen LogP contribution in [0.15, 0.2) is 77.6 Å². The van der Waals surface area contributed by atoms with Gasteiger partial charge < -0.3 is 4.74 Å². The first kappa shape index (κ1) is 19.0. The predicted octanol–water partition coefficient (Wildman–Crippen LogP) is 3.94. The van der Waals surface area contributed by atoms with Crippen molar-refractivity contribution < 1.29 is 9.66 Å². The number of benzene rings is 3. The summed E-state index contributed by atoms with van der Waals surface area (Å²) in [6.45, 7) is 0.227. The number of nitrogens with zero attached hydrogens (tertiary/aromatic N) is 3. The zero-order valence-corrected chi connectivity index (χ0v) is 16.9. The van der Waals surface area contributed by atoms with Gasteiger partial charge in [-0.1, -0.05) is 47.7 Å². The van der Waals surface area contributed by atoms with Gasteiger partial charge in [-0.2, -0.15) is 0 Å². The smallest absolute Gasteiger partial charge is 0.274 e. The van der Waals surface area contributed by atoms with Gasteiger partial charge in [0.2, 0.25) is 0 Å². The van der Waals surface area contributed by atoms with Crippen LogP contribution in [0.4, 0.5) is 5.69 Å². The molecule has 3 aromatic carbocycles. The third kappa shape index (κ3) is 3.64. The Morgan fingerprint density at radius 3 is 2.68 bits per heavy atom. The number of rotatable bonds is 5. The molecular weight excluding hydrogens is 414 g/mol. The van der Waals surface area contributed by atoms with Gasteiger partial charge in [0.25, 0.3) is 11.2 Å². The molecule has 5 aromatic rings. The van der Waals surface area contributed by atoms with Crippen molar-refractivity contribution in [2.24, 2.45) is 0 Å². The second-order valence-corrected chi connectivity index (χ2v) is 7.93. The van der Waals surface area contributed by atoms with E-state index in [-0.39, 0.29) is 17.9 Å². The molecule has 0 unspecified atom stereocenters. The molecule has 0 radical (unpaired) electrons. The largest absolute Gasteiger partial charge is 0.489 e. The number of aromatic nitrogens is 2. The van der Waals surface area contributed by atoms with Crippen LogP contribution in [-0.2, 0) is 6.61 Å². The summed E-state index contributed by atoms with van der Waals surface area (Å²) in [6.07, 6.45) is 1.83. The van der Waals surface area contributed by atoms with Gasteiger partial charge in [-0.3, -0.25) is 14.9 Å². The number of hydrogen-bond acceptors (Lipinski definition) is 6. The average Bonchev–Trinajstić information content (AvgIpc) is 3.29. The van der Waals surface area contributed by atoms with Crippen LogP contribution < -0.4 is 14.8 Å². The summed E-state index contributed by atoms with van der Waals surface area (Å²) < 4.78 is 7.98. The Hall–Kier alpha value is -4.04. The quantitative estimate of drug-likeness (QED) is 0.312. The average molecular weight is 429 g/mol. The van der Waals surface area contributed by atoms with Crippen molar-refractivity contribution in [1.82, 2.24) is 9.38 Å². The molecule has 0 bridgehead atoms. The summed E-state index contributed by atoms with van der Waals surface area (Å²) in [6, 6.07) is 21.3. The lowest BCUT2D eigenvalue weighted by molar-refractivity contribution is -0.384. The molecule has 5 rings (SSSR count). The summed E-state index contributed by atoms with van der Waals surface area (Å²) in [7, 11) is 0. The van der Waals surface area contributed by atoms with Crippen LogP contribution in [0.1, 0.15) is 11.1 Å². The zero-order chi connectivity index (χ0) is 21.4. The first-order valence-electron chi connectivity index (χ1n) is 9.46. The fourth-order valence-electron chi connectivity index (χ4n) is 3.35. The van der Waals surface area contributed by atoms with Crippen molar-refractivity contribution in [3.05, 3.63) is 109 Å². The Balaban J connectivity index is 1.37. The monoisotopic (exact) mass is 429 g/mol. The number of imidazole rings is 1. The van der Waals surface area contributed by atoms with Crippen LogP contribution in [0, 0.1) is 10.1 Å². The van der Waals surface area contributed by atoms with Gasteiger partial charge in [-0.15, -0.1) is 0 Å². The molecule has 31 heavy (non-hydrogen) atoms. The normalized spacial score (nSPS) is 11.9. The Labute approximate surface area is 179 Å². The Kier molecular flexibility index (Phi) is 4.68. The third-order valence-corrected chi connectivity index (χ3v) is 5.82. The maximum absolute atomic E-state index is 12.8. The van der Waals surface area contributed by atoms with E-state index in [0.717, 1.165) is 22.2 Å². The Morgan fingerprint density at radius 2 is 1.87 bits per heavy atom. The minimum atomic E-state index is -0.428. The fraction of sp³-hybridized carbons (Fsp3) is 0.0435. The van der Waals surface area contributed by atoms with Gasteiger partial charge in [-0.05, 0) is 41.5 Å². The predicted molar refractivity (Wildman–Crippen MR) is 120 cm³/mol. The molecule has 152 valence electrons. The van der Waals surface area contributed by atoms with Gasteiger partial charge >= 0.3 is 0 Å². The lowest BCUT2D eigenvalue weighted by atomic mass is 10.2. The third-order valence-electron chi connectivity index (χ3n) is 4.85. The molecule has 0 amide bonds. The number of fused-ring (bicyclic) bond motifs is 3. The second kappa shape index (κ2) is 7.66. The minimum absolute atomic E-state index is 0.0366. The summed E-state index contributed by atoms with van der Waals surface area (Å²) in [5.41, 5.74) is 3.16. The number of ether oxygens (including phenoxy) is 1. The van der Waals surface area contributed by atoms with Gasteiger partial charge in [0.05, 0.1) is 20.5 Å². The van der Waals surface area contributed by atoms with E-state index in [9.17, 15) is 14.9 Å². The van der Waals surface area contributed by atoms with Crippen molar-refractivity contribution in [1.29, 1.82) is 0 Å². The molecule has 0 fully saturated rings. The molecule has 2 aromatic heterocycles. The fourth-order valence-corrected chi connectivity index (χ4v) is 4.34. The van der Waals surface area contributed by atoms with Crippen LogP contribution in [-0.4, -0.2) is 14.3 Å². The van der Waals surface area contributed by atoms with E-state index >= 15 is 0 Å². The minimum Gasteiger partial charge on any atom is -0.489 e. The molecule has 2 heterocycles. The van der Waals surface area contributed by atoms with Crippen LogP contribution in [0.5, 0.6) is 5.75 Å². The van der Waals surface area contributed by atoms with Gasteiger partial charge in [-0.25, -0.2) is 9.38 Å². The summed E-state index contributed by atoms with van der Waals surface area (Å²) in [5, 5.41) is 10.9. The molecule has 0 aliphatic heterocycles.